The molecule has 186 valence electrons. The van der Waals surface area contributed by atoms with Crippen molar-refractivity contribution in [1.82, 2.24) is 5.32 Å². The maximum atomic E-state index is 14.8. The molecule has 4 N–H and O–H groups in total. The number of nitrogens with zero attached hydrogens (tertiary/aromatic N) is 1. The van der Waals surface area contributed by atoms with Crippen LogP contribution in [0.25, 0.3) is 0 Å². The van der Waals surface area contributed by atoms with Crippen LogP contribution in [0, 0.1) is 11.6 Å². The number of amides is 2. The highest BCUT2D eigenvalue weighted by Gasteiger charge is 2.33. The van der Waals surface area contributed by atoms with Gasteiger partial charge in [0.2, 0.25) is 11.3 Å². The zero-order valence-electron chi connectivity index (χ0n) is 17.7. The Hall–Kier alpha value is -3.78. The van der Waals surface area contributed by atoms with E-state index < -0.39 is 58.9 Å². The van der Waals surface area contributed by atoms with E-state index in [0.717, 1.165) is 23.1 Å². The summed E-state index contributed by atoms with van der Waals surface area (Å²) in [5.41, 5.74) is -1.58. The third-order valence-corrected chi connectivity index (χ3v) is 5.03. The minimum absolute atomic E-state index is 0.163. The first-order valence-corrected chi connectivity index (χ1v) is 10.3. The molecule has 14 heteroatoms. The number of carbonyl (C=O) groups is 2. The maximum Gasteiger partial charge on any atom is 0.414 e. The minimum atomic E-state index is -2.88. The third-order valence-electron chi connectivity index (χ3n) is 4.71. The monoisotopic (exact) mass is 514 g/mol. The van der Waals surface area contributed by atoms with Crippen molar-refractivity contribution in [3.05, 3.63) is 58.3 Å². The van der Waals surface area contributed by atoms with Gasteiger partial charge in [-0.25, -0.2) is 22.4 Å². The molecule has 1 aliphatic heterocycles. The van der Waals surface area contributed by atoms with Gasteiger partial charge >= 0.3 is 6.09 Å². The van der Waals surface area contributed by atoms with Gasteiger partial charge < -0.3 is 25.8 Å². The number of carbonyl (C=O) groups excluding carboxylic acids is 2. The highest BCUT2D eigenvalue weighted by molar-refractivity contribution is 7.80. The summed E-state index contributed by atoms with van der Waals surface area (Å²) in [7, 11) is 0. The Balaban J connectivity index is 1.77. The second-order valence-corrected chi connectivity index (χ2v) is 7.62. The molecule has 1 aliphatic rings. The molecule has 0 unspecified atom stereocenters. The number of nitrogens with one attached hydrogen (secondary N) is 3. The van der Waals surface area contributed by atoms with Crippen LogP contribution in [-0.2, 0) is 9.53 Å². The average molecular weight is 514 g/mol. The molecule has 0 saturated carbocycles. The normalized spacial score (nSPS) is 15.1. The molecule has 2 aromatic carbocycles. The van der Waals surface area contributed by atoms with Crippen LogP contribution in [-0.4, -0.2) is 54.3 Å². The molecule has 2 amide bonds. The molecule has 35 heavy (non-hydrogen) atoms. The molecule has 0 aromatic heterocycles. The van der Waals surface area contributed by atoms with E-state index in [2.05, 4.69) is 28.2 Å². The zero-order valence-corrected chi connectivity index (χ0v) is 18.5. The van der Waals surface area contributed by atoms with E-state index >= 15 is 0 Å². The lowest BCUT2D eigenvalue weighted by Gasteiger charge is -2.16. The molecule has 0 bridgehead atoms. The largest absolute Gasteiger partial charge is 0.442 e. The van der Waals surface area contributed by atoms with Crippen molar-refractivity contribution in [2.45, 2.75) is 12.5 Å². The Bertz CT molecular complexity index is 1190. The van der Waals surface area contributed by atoms with Crippen LogP contribution in [0.2, 0.25) is 0 Å². The van der Waals surface area contributed by atoms with Gasteiger partial charge in [0.15, 0.2) is 11.6 Å². The summed E-state index contributed by atoms with van der Waals surface area (Å²) in [4.78, 5) is 35.9. The quantitative estimate of drug-likeness (QED) is 0.314. The van der Waals surface area contributed by atoms with E-state index in [1.165, 1.54) is 18.2 Å². The van der Waals surface area contributed by atoms with E-state index in [1.54, 1.807) is 0 Å². The predicted molar refractivity (Wildman–Crippen MR) is 122 cm³/mol. The maximum absolute atomic E-state index is 14.8. The van der Waals surface area contributed by atoms with Crippen LogP contribution >= 0.6 is 12.2 Å². The Morgan fingerprint density at radius 1 is 1.17 bits per heavy atom. The SMILES string of the molecule is O=C(CO)Nc1ccc(Nc2c(F)cc(N3C[C@H](CNC(=S)C(F)F)OC3=O)cc2F)c(=O)cc1. The summed E-state index contributed by atoms with van der Waals surface area (Å²) in [6.07, 6.45) is -4.71. The van der Waals surface area contributed by atoms with Crippen molar-refractivity contribution in [1.29, 1.82) is 0 Å². The molecule has 0 aliphatic carbocycles. The standard InChI is InChI=1S/C21H18F4N4O5S/c22-13-5-11(29-8-12(34-21(29)33)7-26-20(35)19(24)25)6-14(23)18(13)28-15-3-1-10(2-4-16(15)31)27-17(32)9-30/h1-6,12,19,30H,7-9H2,(H,26,35)(H,27,32)(H,28,31)/t12-/m0/s1. The molecule has 0 spiro atoms. The first kappa shape index (κ1) is 25.8. The van der Waals surface area contributed by atoms with Gasteiger partial charge in [0, 0.05) is 17.8 Å². The highest BCUT2D eigenvalue weighted by atomic mass is 32.1. The lowest BCUT2D eigenvalue weighted by atomic mass is 10.2. The number of hydrogen-bond acceptors (Lipinski definition) is 7. The fourth-order valence-electron chi connectivity index (χ4n) is 3.05. The Kier molecular flexibility index (Phi) is 8.19. The van der Waals surface area contributed by atoms with Crippen LogP contribution in [0.4, 0.5) is 45.1 Å². The number of hydrogen-bond donors (Lipinski definition) is 4. The van der Waals surface area contributed by atoms with E-state index in [1.807, 2.05) is 0 Å². The fourth-order valence-corrected chi connectivity index (χ4v) is 3.14. The molecular formula is C21H18F4N4O5S. The number of aliphatic hydroxyl groups is 1. The van der Waals surface area contributed by atoms with Crippen LogP contribution < -0.4 is 26.3 Å². The number of aliphatic hydroxyl groups excluding tert-OH is 1. The van der Waals surface area contributed by atoms with E-state index in [4.69, 9.17) is 9.84 Å². The van der Waals surface area contributed by atoms with Gasteiger partial charge in [-0.15, -0.1) is 0 Å². The molecule has 1 saturated heterocycles. The summed E-state index contributed by atoms with van der Waals surface area (Å²) in [6.45, 7) is -1.17. The number of halogens is 4. The zero-order chi connectivity index (χ0) is 25.7. The number of anilines is 4. The number of cyclic esters (lactones) is 1. The van der Waals surface area contributed by atoms with Gasteiger partial charge in [-0.05, 0) is 24.3 Å². The van der Waals surface area contributed by atoms with Crippen LogP contribution in [0.3, 0.4) is 0 Å². The molecule has 1 fully saturated rings. The topological polar surface area (TPSA) is 120 Å². The van der Waals surface area contributed by atoms with Crippen LogP contribution in [0.15, 0.2) is 41.2 Å². The van der Waals surface area contributed by atoms with E-state index in [0.29, 0.717) is 0 Å². The summed E-state index contributed by atoms with van der Waals surface area (Å²) in [5, 5.41) is 15.7. The lowest BCUT2D eigenvalue weighted by molar-refractivity contribution is -0.118. The van der Waals surface area contributed by atoms with Gasteiger partial charge in [-0.1, -0.05) is 12.2 Å². The number of alkyl halides is 2. The molecule has 1 heterocycles. The molecule has 1 atom stereocenters. The molecule has 2 aromatic rings. The fraction of sp³-hybridized carbons (Fsp3) is 0.238. The van der Waals surface area contributed by atoms with Crippen molar-refractivity contribution in [2.75, 3.05) is 35.2 Å². The summed E-state index contributed by atoms with van der Waals surface area (Å²) >= 11 is 4.44. The van der Waals surface area contributed by atoms with Gasteiger partial charge in [-0.2, -0.15) is 0 Å². The average Bonchev–Trinajstić information content (AvgIpc) is 3.10. The van der Waals surface area contributed by atoms with Crippen LogP contribution in [0.1, 0.15) is 0 Å². The second kappa shape index (κ2) is 11.1. The van der Waals surface area contributed by atoms with Crippen molar-refractivity contribution in [3.8, 4) is 0 Å². The summed E-state index contributed by atoms with van der Waals surface area (Å²) in [6, 6.07) is 6.44. The van der Waals surface area contributed by atoms with Crippen molar-refractivity contribution in [2.24, 2.45) is 0 Å². The van der Waals surface area contributed by atoms with Crippen molar-refractivity contribution < 1.29 is 37.0 Å². The number of thiocarbonyl (C=S) groups is 1. The van der Waals surface area contributed by atoms with Crippen molar-refractivity contribution in [3.63, 3.8) is 0 Å². The Morgan fingerprint density at radius 2 is 1.83 bits per heavy atom. The first-order valence-electron chi connectivity index (χ1n) is 9.94. The number of rotatable bonds is 8. The number of benzene rings is 1. The van der Waals surface area contributed by atoms with Gasteiger partial charge in [0.25, 0.3) is 6.43 Å². The molecule has 3 rings (SSSR count). The number of ether oxygens (including phenoxy) is 1. The predicted octanol–water partition coefficient (Wildman–Crippen LogP) is 2.51. The second-order valence-electron chi connectivity index (χ2n) is 7.18. The Morgan fingerprint density at radius 3 is 2.46 bits per heavy atom. The minimum Gasteiger partial charge on any atom is -0.442 e. The Labute approximate surface area is 200 Å². The lowest BCUT2D eigenvalue weighted by Crippen LogP contribution is -2.36. The van der Waals surface area contributed by atoms with E-state index in [9.17, 15) is 31.9 Å². The summed E-state index contributed by atoms with van der Waals surface area (Å²) in [5.74, 6) is -2.98. The highest BCUT2D eigenvalue weighted by Crippen LogP contribution is 2.30. The van der Waals surface area contributed by atoms with E-state index in [-0.39, 0.29) is 30.2 Å². The summed E-state index contributed by atoms with van der Waals surface area (Å²) < 4.78 is 59.5. The molecule has 9 nitrogen and oxygen atoms in total. The molecule has 0 radical (unpaired) electrons. The van der Waals surface area contributed by atoms with Gasteiger partial charge in [0.05, 0.1) is 24.5 Å². The van der Waals surface area contributed by atoms with Gasteiger partial charge in [-0.3, -0.25) is 14.5 Å². The smallest absolute Gasteiger partial charge is 0.414 e. The third kappa shape index (κ3) is 6.42. The van der Waals surface area contributed by atoms with Crippen molar-refractivity contribution >= 4 is 52.0 Å². The van der Waals surface area contributed by atoms with Crippen LogP contribution in [0.5, 0.6) is 0 Å². The van der Waals surface area contributed by atoms with Gasteiger partial charge in [0.1, 0.15) is 23.4 Å². The molecular weight excluding hydrogens is 496 g/mol. The first-order chi connectivity index (χ1) is 16.6.